The van der Waals surface area contributed by atoms with Gasteiger partial charge in [-0.05, 0) is 97.7 Å². The Labute approximate surface area is 302 Å². The number of benzene rings is 8. The Morgan fingerprint density at radius 3 is 1.82 bits per heavy atom. The highest BCUT2D eigenvalue weighted by molar-refractivity contribution is 7.26. The Morgan fingerprint density at radius 1 is 0.451 bits per heavy atom. The van der Waals surface area contributed by atoms with Gasteiger partial charge < -0.3 is 4.90 Å². The van der Waals surface area contributed by atoms with Crippen molar-refractivity contribution < 1.29 is 0 Å². The summed E-state index contributed by atoms with van der Waals surface area (Å²) in [6.45, 7) is 4.84. The minimum atomic E-state index is -0.203. The molecule has 0 unspecified atom stereocenters. The average molecular weight is 670 g/mol. The molecule has 2 heteroatoms. The van der Waals surface area contributed by atoms with E-state index < -0.39 is 0 Å². The van der Waals surface area contributed by atoms with E-state index in [0.29, 0.717) is 0 Å². The molecule has 9 aromatic rings. The molecular weight excluding hydrogens is 635 g/mol. The summed E-state index contributed by atoms with van der Waals surface area (Å²) < 4.78 is 2.69. The van der Waals surface area contributed by atoms with Crippen LogP contribution < -0.4 is 4.90 Å². The van der Waals surface area contributed by atoms with Gasteiger partial charge in [-0.25, -0.2) is 0 Å². The molecule has 0 amide bonds. The fraction of sp³-hybridized carbons (Fsp3) is 0.0612. The van der Waals surface area contributed by atoms with Gasteiger partial charge in [0, 0.05) is 42.6 Å². The van der Waals surface area contributed by atoms with E-state index in [2.05, 4.69) is 195 Å². The van der Waals surface area contributed by atoms with E-state index in [9.17, 15) is 0 Å². The van der Waals surface area contributed by atoms with Crippen molar-refractivity contribution in [2.24, 2.45) is 0 Å². The van der Waals surface area contributed by atoms with Gasteiger partial charge in [-0.1, -0.05) is 147 Å². The molecule has 0 radical (unpaired) electrons. The van der Waals surface area contributed by atoms with Gasteiger partial charge in [-0.2, -0.15) is 0 Å². The zero-order valence-corrected chi connectivity index (χ0v) is 29.4. The summed E-state index contributed by atoms with van der Waals surface area (Å²) in [5.41, 5.74) is 13.8. The molecule has 8 aromatic carbocycles. The number of fused-ring (bicyclic) bond motifs is 5. The highest BCUT2D eigenvalue weighted by atomic mass is 32.1. The second-order valence-electron chi connectivity index (χ2n) is 14.1. The molecule has 1 aromatic heterocycles. The number of para-hydroxylation sites is 2. The van der Waals surface area contributed by atoms with Gasteiger partial charge in [-0.3, -0.25) is 0 Å². The van der Waals surface area contributed by atoms with Gasteiger partial charge in [0.2, 0.25) is 0 Å². The van der Waals surface area contributed by atoms with E-state index in [4.69, 9.17) is 0 Å². The maximum atomic E-state index is 2.42. The lowest BCUT2D eigenvalue weighted by molar-refractivity contribution is 0.647. The molecular formula is C49H35NS. The maximum Gasteiger partial charge on any atom is 0.0462 e. The molecule has 1 aliphatic rings. The van der Waals surface area contributed by atoms with E-state index >= 15 is 0 Å². The van der Waals surface area contributed by atoms with Crippen LogP contribution in [-0.2, 0) is 5.41 Å². The van der Waals surface area contributed by atoms with Crippen LogP contribution in [0.1, 0.15) is 25.0 Å². The van der Waals surface area contributed by atoms with Crippen LogP contribution in [0.2, 0.25) is 0 Å². The first-order valence-corrected chi connectivity index (χ1v) is 18.5. The number of thiophene rings is 1. The molecule has 0 aliphatic heterocycles. The number of rotatable bonds is 5. The first kappa shape index (κ1) is 29.9. The molecule has 1 aliphatic carbocycles. The third kappa shape index (κ3) is 4.60. The van der Waals surface area contributed by atoms with Crippen LogP contribution in [0.4, 0.5) is 17.1 Å². The Bertz CT molecular complexity index is 2720. The first-order chi connectivity index (χ1) is 25.1. The maximum absolute atomic E-state index is 2.42. The summed E-state index contributed by atoms with van der Waals surface area (Å²) in [4.78, 5) is 2.32. The van der Waals surface area contributed by atoms with Crippen molar-refractivity contribution in [3.63, 3.8) is 0 Å². The number of hydrogen-bond donors (Lipinski definition) is 0. The Kier molecular flexibility index (Phi) is 6.78. The summed E-state index contributed by atoms with van der Waals surface area (Å²) in [6.07, 6.45) is 0. The molecule has 0 atom stereocenters. The van der Waals surface area contributed by atoms with Crippen LogP contribution in [0, 0.1) is 0 Å². The van der Waals surface area contributed by atoms with Crippen LogP contribution in [-0.4, -0.2) is 0 Å². The van der Waals surface area contributed by atoms with E-state index in [1.165, 1.54) is 75.5 Å². The lowest BCUT2D eigenvalue weighted by Gasteiger charge is -2.38. The summed E-state index contributed by atoms with van der Waals surface area (Å²) in [6, 6.07) is 64.6. The summed E-state index contributed by atoms with van der Waals surface area (Å²) in [5.74, 6) is 0. The van der Waals surface area contributed by atoms with Crippen molar-refractivity contribution in [3.05, 3.63) is 187 Å². The molecule has 1 heterocycles. The third-order valence-corrected chi connectivity index (χ3v) is 12.1. The van der Waals surface area contributed by atoms with Crippen LogP contribution in [0.15, 0.2) is 176 Å². The quantitative estimate of drug-likeness (QED) is 0.176. The minimum Gasteiger partial charge on any atom is -0.311 e. The molecule has 0 saturated heterocycles. The van der Waals surface area contributed by atoms with Crippen molar-refractivity contribution in [2.45, 2.75) is 19.3 Å². The van der Waals surface area contributed by atoms with Gasteiger partial charge in [0.25, 0.3) is 0 Å². The first-order valence-electron chi connectivity index (χ1n) is 17.7. The molecule has 242 valence electrons. The highest BCUT2D eigenvalue weighted by Gasteiger charge is 2.37. The van der Waals surface area contributed by atoms with Crippen molar-refractivity contribution in [3.8, 4) is 33.4 Å². The summed E-state index contributed by atoms with van der Waals surface area (Å²) >= 11 is 1.91. The second-order valence-corrected chi connectivity index (χ2v) is 15.1. The minimum absolute atomic E-state index is 0.203. The fourth-order valence-corrected chi connectivity index (χ4v) is 9.79. The standard InChI is InChI=1S/C49H35NS/c1-49(2)43-24-11-14-33-28-31-37(32-26-29-36(30-27-32)50(34-15-5-3-6-16-34)35-17-7-4-8-18-35)46(45(33)43)42-23-12-20-39(47(42)49)41-22-13-21-40-38-19-9-10-25-44(38)51-48(40)41/h3-31H,1-2H3. The third-order valence-electron chi connectivity index (χ3n) is 10.8. The zero-order valence-electron chi connectivity index (χ0n) is 28.6. The SMILES string of the molecule is CC1(C)c2c(-c3cccc4c3sc3ccccc34)cccc2-c2c(-c3ccc(N(c4ccccc4)c4ccccc4)cc3)ccc3cccc1c23. The largest absolute Gasteiger partial charge is 0.311 e. The van der Waals surface area contributed by atoms with Crippen molar-refractivity contribution in [2.75, 3.05) is 4.90 Å². The molecule has 0 bridgehead atoms. The Hall–Kier alpha value is -5.96. The molecule has 1 nitrogen and oxygen atoms in total. The predicted octanol–water partition coefficient (Wildman–Crippen LogP) is 14.3. The van der Waals surface area contributed by atoms with Crippen LogP contribution in [0.5, 0.6) is 0 Å². The zero-order chi connectivity index (χ0) is 34.1. The normalized spacial score (nSPS) is 13.1. The molecule has 0 N–H and O–H groups in total. The van der Waals surface area contributed by atoms with Gasteiger partial charge >= 0.3 is 0 Å². The smallest absolute Gasteiger partial charge is 0.0462 e. The Balaban J connectivity index is 1.19. The van der Waals surface area contributed by atoms with Crippen molar-refractivity contribution in [1.82, 2.24) is 0 Å². The number of nitrogens with zero attached hydrogens (tertiary/aromatic N) is 1. The predicted molar refractivity (Wildman–Crippen MR) is 220 cm³/mol. The van der Waals surface area contributed by atoms with Crippen LogP contribution in [0.25, 0.3) is 64.3 Å². The van der Waals surface area contributed by atoms with E-state index in [0.717, 1.165) is 17.1 Å². The molecule has 0 saturated carbocycles. The average Bonchev–Trinajstić information content (AvgIpc) is 3.57. The lowest BCUT2D eigenvalue weighted by Crippen LogP contribution is -2.25. The lowest BCUT2D eigenvalue weighted by atomic mass is 9.65. The van der Waals surface area contributed by atoms with E-state index in [1.54, 1.807) is 0 Å². The molecule has 0 fully saturated rings. The molecule has 51 heavy (non-hydrogen) atoms. The van der Waals surface area contributed by atoms with Crippen molar-refractivity contribution >= 4 is 59.3 Å². The van der Waals surface area contributed by atoms with E-state index in [-0.39, 0.29) is 5.41 Å². The Morgan fingerprint density at radius 2 is 1.06 bits per heavy atom. The van der Waals surface area contributed by atoms with Gasteiger partial charge in [0.1, 0.15) is 0 Å². The number of hydrogen-bond acceptors (Lipinski definition) is 2. The highest BCUT2D eigenvalue weighted by Crippen LogP contribution is 2.55. The summed E-state index contributed by atoms with van der Waals surface area (Å²) in [5, 5.41) is 5.33. The molecule has 0 spiro atoms. The van der Waals surface area contributed by atoms with Crippen LogP contribution >= 0.6 is 11.3 Å². The molecule has 10 rings (SSSR count). The second kappa shape index (κ2) is 11.6. The topological polar surface area (TPSA) is 3.24 Å². The fourth-order valence-electron chi connectivity index (χ4n) is 8.56. The van der Waals surface area contributed by atoms with Crippen LogP contribution in [0.3, 0.4) is 0 Å². The monoisotopic (exact) mass is 669 g/mol. The van der Waals surface area contributed by atoms with Gasteiger partial charge in [0.15, 0.2) is 0 Å². The van der Waals surface area contributed by atoms with Gasteiger partial charge in [-0.15, -0.1) is 11.3 Å². The number of anilines is 3. The summed E-state index contributed by atoms with van der Waals surface area (Å²) in [7, 11) is 0. The van der Waals surface area contributed by atoms with Crippen molar-refractivity contribution in [1.29, 1.82) is 0 Å². The van der Waals surface area contributed by atoms with E-state index in [1.807, 2.05) is 11.3 Å². The van der Waals surface area contributed by atoms with Gasteiger partial charge in [0.05, 0.1) is 0 Å².